The number of rotatable bonds is 3. The summed E-state index contributed by atoms with van der Waals surface area (Å²) in [5.41, 5.74) is 1.77. The van der Waals surface area contributed by atoms with Crippen molar-refractivity contribution in [2.24, 2.45) is 0 Å². The average Bonchev–Trinajstić information content (AvgIpc) is 2.78. The highest BCUT2D eigenvalue weighted by molar-refractivity contribution is 6.35. The van der Waals surface area contributed by atoms with Crippen LogP contribution in [0, 0.1) is 0 Å². The number of benzene rings is 2. The summed E-state index contributed by atoms with van der Waals surface area (Å²) < 4.78 is 5.72. The van der Waals surface area contributed by atoms with Crippen molar-refractivity contribution in [2.45, 2.75) is 6.54 Å². The third-order valence-electron chi connectivity index (χ3n) is 2.81. The SMILES string of the molecule is Clc1cc(Cl)cc(NCc2cc3ccccc3o2)c1. The van der Waals surface area contributed by atoms with Gasteiger partial charge >= 0.3 is 0 Å². The van der Waals surface area contributed by atoms with Crippen molar-refractivity contribution in [1.29, 1.82) is 0 Å². The van der Waals surface area contributed by atoms with Crippen molar-refractivity contribution in [1.82, 2.24) is 0 Å². The van der Waals surface area contributed by atoms with Crippen molar-refractivity contribution >= 4 is 39.9 Å². The Labute approximate surface area is 120 Å². The van der Waals surface area contributed by atoms with Crippen LogP contribution in [0.2, 0.25) is 10.0 Å². The summed E-state index contributed by atoms with van der Waals surface area (Å²) in [6.07, 6.45) is 0. The second kappa shape index (κ2) is 5.16. The third kappa shape index (κ3) is 2.86. The molecule has 1 N–H and O–H groups in total. The van der Waals surface area contributed by atoms with Crippen LogP contribution in [0.25, 0.3) is 11.0 Å². The fourth-order valence-corrected chi connectivity index (χ4v) is 2.50. The van der Waals surface area contributed by atoms with Crippen LogP contribution in [-0.2, 0) is 6.54 Å². The molecule has 96 valence electrons. The number of para-hydroxylation sites is 1. The van der Waals surface area contributed by atoms with Gasteiger partial charge in [-0.3, -0.25) is 0 Å². The second-order valence-electron chi connectivity index (χ2n) is 4.26. The zero-order valence-corrected chi connectivity index (χ0v) is 11.5. The van der Waals surface area contributed by atoms with Crippen LogP contribution in [0.5, 0.6) is 0 Å². The van der Waals surface area contributed by atoms with Crippen molar-refractivity contribution < 1.29 is 4.42 Å². The molecule has 1 aromatic heterocycles. The first-order valence-corrected chi connectivity index (χ1v) is 6.64. The third-order valence-corrected chi connectivity index (χ3v) is 3.24. The van der Waals surface area contributed by atoms with E-state index in [1.54, 1.807) is 6.07 Å². The molecule has 0 amide bonds. The summed E-state index contributed by atoms with van der Waals surface area (Å²) in [7, 11) is 0. The molecule has 3 rings (SSSR count). The first-order chi connectivity index (χ1) is 9.20. The molecule has 0 fully saturated rings. The Hall–Kier alpha value is -1.64. The molecule has 0 unspecified atom stereocenters. The fraction of sp³-hybridized carbons (Fsp3) is 0.0667. The maximum atomic E-state index is 5.95. The highest BCUT2D eigenvalue weighted by Gasteiger charge is 2.03. The van der Waals surface area contributed by atoms with E-state index in [1.165, 1.54) is 0 Å². The fourth-order valence-electron chi connectivity index (χ4n) is 1.97. The van der Waals surface area contributed by atoms with Gasteiger partial charge in [0.2, 0.25) is 0 Å². The maximum absolute atomic E-state index is 5.95. The van der Waals surface area contributed by atoms with E-state index in [-0.39, 0.29) is 0 Å². The van der Waals surface area contributed by atoms with E-state index >= 15 is 0 Å². The molecule has 2 nitrogen and oxygen atoms in total. The van der Waals surface area contributed by atoms with E-state index in [0.29, 0.717) is 16.6 Å². The Morgan fingerprint density at radius 3 is 2.42 bits per heavy atom. The summed E-state index contributed by atoms with van der Waals surface area (Å²) in [6.45, 7) is 0.589. The molecule has 0 aliphatic rings. The summed E-state index contributed by atoms with van der Waals surface area (Å²) in [6, 6.07) is 15.3. The molecule has 0 aliphatic carbocycles. The molecule has 0 saturated carbocycles. The van der Waals surface area contributed by atoms with Gasteiger partial charge in [0.1, 0.15) is 11.3 Å². The first-order valence-electron chi connectivity index (χ1n) is 5.88. The molecule has 2 aromatic carbocycles. The number of nitrogens with one attached hydrogen (secondary N) is 1. The van der Waals surface area contributed by atoms with Crippen LogP contribution >= 0.6 is 23.2 Å². The van der Waals surface area contributed by atoms with Crippen molar-refractivity contribution in [2.75, 3.05) is 5.32 Å². The predicted molar refractivity (Wildman–Crippen MR) is 80.0 cm³/mol. The van der Waals surface area contributed by atoms with E-state index in [4.69, 9.17) is 27.6 Å². The van der Waals surface area contributed by atoms with Crippen LogP contribution < -0.4 is 5.32 Å². The molecule has 0 bridgehead atoms. The highest BCUT2D eigenvalue weighted by Crippen LogP contribution is 2.24. The standard InChI is InChI=1S/C15H11Cl2NO/c16-11-6-12(17)8-13(7-11)18-9-14-5-10-3-1-2-4-15(10)19-14/h1-8,18H,9H2. The van der Waals surface area contributed by atoms with Crippen LogP contribution in [0.1, 0.15) is 5.76 Å². The van der Waals surface area contributed by atoms with E-state index < -0.39 is 0 Å². The monoisotopic (exact) mass is 291 g/mol. The molecular formula is C15H11Cl2NO. The van der Waals surface area contributed by atoms with Gasteiger partial charge < -0.3 is 9.73 Å². The van der Waals surface area contributed by atoms with Gasteiger partial charge in [-0.1, -0.05) is 41.4 Å². The summed E-state index contributed by atoms with van der Waals surface area (Å²) >= 11 is 11.9. The lowest BCUT2D eigenvalue weighted by Crippen LogP contribution is -1.97. The minimum absolute atomic E-state index is 0.589. The smallest absolute Gasteiger partial charge is 0.134 e. The van der Waals surface area contributed by atoms with Crippen molar-refractivity contribution in [3.63, 3.8) is 0 Å². The molecule has 0 saturated heterocycles. The Kier molecular flexibility index (Phi) is 3.36. The lowest BCUT2D eigenvalue weighted by Gasteiger charge is -2.05. The topological polar surface area (TPSA) is 25.2 Å². The minimum Gasteiger partial charge on any atom is -0.459 e. The average molecular weight is 292 g/mol. The Bertz CT molecular complexity index is 668. The quantitative estimate of drug-likeness (QED) is 0.703. The summed E-state index contributed by atoms with van der Waals surface area (Å²) in [5.74, 6) is 0.872. The minimum atomic E-state index is 0.589. The molecule has 0 aliphatic heterocycles. The molecule has 1 heterocycles. The van der Waals surface area contributed by atoms with Gasteiger partial charge in [0.25, 0.3) is 0 Å². The van der Waals surface area contributed by atoms with Crippen molar-refractivity contribution in [3.05, 3.63) is 64.3 Å². The van der Waals surface area contributed by atoms with E-state index in [9.17, 15) is 0 Å². The second-order valence-corrected chi connectivity index (χ2v) is 5.14. The van der Waals surface area contributed by atoms with Gasteiger partial charge in [0.15, 0.2) is 0 Å². The van der Waals surface area contributed by atoms with Gasteiger partial charge in [-0.25, -0.2) is 0 Å². The molecule has 19 heavy (non-hydrogen) atoms. The van der Waals surface area contributed by atoms with Gasteiger partial charge in [0.05, 0.1) is 6.54 Å². The molecule has 4 heteroatoms. The van der Waals surface area contributed by atoms with Gasteiger partial charge in [-0.05, 0) is 30.3 Å². The van der Waals surface area contributed by atoms with Crippen LogP contribution in [0.15, 0.2) is 52.9 Å². The lowest BCUT2D eigenvalue weighted by molar-refractivity contribution is 0.559. The zero-order chi connectivity index (χ0) is 13.2. The summed E-state index contributed by atoms with van der Waals surface area (Å²) in [5, 5.41) is 5.56. The summed E-state index contributed by atoms with van der Waals surface area (Å²) in [4.78, 5) is 0. The number of fused-ring (bicyclic) bond motifs is 1. The van der Waals surface area contributed by atoms with Crippen LogP contribution in [-0.4, -0.2) is 0 Å². The van der Waals surface area contributed by atoms with Crippen molar-refractivity contribution in [3.8, 4) is 0 Å². The number of hydrogen-bond acceptors (Lipinski definition) is 2. The normalized spacial score (nSPS) is 10.8. The van der Waals surface area contributed by atoms with Crippen LogP contribution in [0.3, 0.4) is 0 Å². The lowest BCUT2D eigenvalue weighted by atomic mass is 10.2. The predicted octanol–water partition coefficient (Wildman–Crippen LogP) is 5.35. The Morgan fingerprint density at radius 1 is 0.947 bits per heavy atom. The zero-order valence-electron chi connectivity index (χ0n) is 9.99. The molecule has 0 spiro atoms. The van der Waals surface area contributed by atoms with Gasteiger partial charge in [-0.2, -0.15) is 0 Å². The van der Waals surface area contributed by atoms with Gasteiger partial charge in [0, 0.05) is 21.1 Å². The molecule has 0 radical (unpaired) electrons. The van der Waals surface area contributed by atoms with Crippen LogP contribution in [0.4, 0.5) is 5.69 Å². The first kappa shape index (κ1) is 12.4. The van der Waals surface area contributed by atoms with Gasteiger partial charge in [-0.15, -0.1) is 0 Å². The number of halogens is 2. The largest absolute Gasteiger partial charge is 0.459 e. The molecule has 3 aromatic rings. The molecular weight excluding hydrogens is 281 g/mol. The highest BCUT2D eigenvalue weighted by atomic mass is 35.5. The van der Waals surface area contributed by atoms with E-state index in [1.807, 2.05) is 42.5 Å². The molecule has 0 atom stereocenters. The maximum Gasteiger partial charge on any atom is 0.134 e. The number of anilines is 1. The number of furan rings is 1. The Balaban J connectivity index is 1.78. The van der Waals surface area contributed by atoms with E-state index in [0.717, 1.165) is 22.4 Å². The number of hydrogen-bond donors (Lipinski definition) is 1. The Morgan fingerprint density at radius 2 is 1.68 bits per heavy atom. The van der Waals surface area contributed by atoms with E-state index in [2.05, 4.69) is 5.32 Å².